The summed E-state index contributed by atoms with van der Waals surface area (Å²) in [6.45, 7) is 12.8. The Kier molecular flexibility index (Phi) is 6.42. The van der Waals surface area contributed by atoms with Crippen LogP contribution in [0.15, 0.2) is 72.6 Å². The molecule has 1 saturated heterocycles. The van der Waals surface area contributed by atoms with Gasteiger partial charge in [0.05, 0.1) is 10.9 Å². The smallest absolute Gasteiger partial charge is 0.473 e. The van der Waals surface area contributed by atoms with Crippen molar-refractivity contribution in [1.82, 2.24) is 0 Å². The number of hydrogen-bond acceptors (Lipinski definition) is 5. The average molecular weight is 308 g/mol. The van der Waals surface area contributed by atoms with E-state index >= 15 is 0 Å². The minimum atomic E-state index is -1.44. The third kappa shape index (κ3) is 4.00. The predicted molar refractivity (Wildman–Crippen MR) is 82.1 cm³/mol. The first-order chi connectivity index (χ1) is 10.3. The van der Waals surface area contributed by atoms with Crippen LogP contribution >= 0.6 is 0 Å². The topological polar surface area (TPSA) is 68.2 Å². The van der Waals surface area contributed by atoms with Crippen LogP contribution in [-0.4, -0.2) is 32.1 Å². The van der Waals surface area contributed by atoms with Crippen molar-refractivity contribution in [3.05, 3.63) is 72.6 Å². The number of allylic oxidation sites excluding steroid dienone is 6. The van der Waals surface area contributed by atoms with E-state index in [1.165, 1.54) is 0 Å². The second-order valence-electron chi connectivity index (χ2n) is 4.07. The summed E-state index contributed by atoms with van der Waals surface area (Å²) < 4.78 is 42.4. The van der Waals surface area contributed by atoms with Gasteiger partial charge in [-0.25, -0.2) is 8.78 Å². The van der Waals surface area contributed by atoms with E-state index in [1.54, 1.807) is 0 Å². The second kappa shape index (κ2) is 7.83. The first kappa shape index (κ1) is 18.0. The molecule has 1 heterocycles. The fourth-order valence-electron chi connectivity index (χ4n) is 1.65. The van der Waals surface area contributed by atoms with Crippen LogP contribution in [0.5, 0.6) is 0 Å². The lowest BCUT2D eigenvalue weighted by molar-refractivity contribution is 0.306. The summed E-state index contributed by atoms with van der Waals surface area (Å²) in [5.41, 5.74) is -0.851. The molecule has 0 aromatic rings. The number of hydrogen-bond donors (Lipinski definition) is 2. The quantitative estimate of drug-likeness (QED) is 0.448. The first-order valence-corrected chi connectivity index (χ1v) is 6.02. The maximum Gasteiger partial charge on any atom is 0.473 e. The van der Waals surface area contributed by atoms with Crippen LogP contribution in [0.3, 0.4) is 0 Å². The van der Waals surface area contributed by atoms with Crippen molar-refractivity contribution in [3.8, 4) is 0 Å². The fourth-order valence-corrected chi connectivity index (χ4v) is 1.65. The summed E-state index contributed by atoms with van der Waals surface area (Å²) in [5, 5.41) is 19.1. The highest BCUT2D eigenvalue weighted by atomic mass is 19.1. The second-order valence-corrected chi connectivity index (χ2v) is 4.07. The maximum atomic E-state index is 13.7. The molecular formula is C12H13B3F2O5. The minimum Gasteiger partial charge on any atom is -0.509 e. The Bertz CT molecular complexity index is 525. The molecule has 5 nitrogen and oxygen atoms in total. The summed E-state index contributed by atoms with van der Waals surface area (Å²) in [6, 6.07) is 0. The summed E-state index contributed by atoms with van der Waals surface area (Å²) >= 11 is 0. The summed E-state index contributed by atoms with van der Waals surface area (Å²) in [6.07, 6.45) is 1.78. The van der Waals surface area contributed by atoms with Gasteiger partial charge in [0.25, 0.3) is 0 Å². The van der Waals surface area contributed by atoms with Crippen molar-refractivity contribution in [1.29, 1.82) is 0 Å². The maximum absolute atomic E-state index is 13.7. The highest BCUT2D eigenvalue weighted by Crippen LogP contribution is 2.26. The van der Waals surface area contributed by atoms with Crippen molar-refractivity contribution in [2.24, 2.45) is 0 Å². The molecule has 0 saturated carbocycles. The minimum absolute atomic E-state index is 0.419. The normalized spacial score (nSPS) is 17.0. The van der Waals surface area contributed by atoms with Crippen LogP contribution in [0.4, 0.5) is 8.78 Å². The SMILES string of the molecule is C=C/C(O)=C(/B1OBOB(/C(C(=C)O)=C(\F)C=C)O1)C(=C)F. The molecule has 0 aromatic heterocycles. The van der Waals surface area contributed by atoms with Gasteiger partial charge in [-0.05, 0) is 12.2 Å². The summed E-state index contributed by atoms with van der Waals surface area (Å²) in [4.78, 5) is 0. The van der Waals surface area contributed by atoms with E-state index in [0.717, 1.165) is 12.2 Å². The fraction of sp³-hybridized carbons (Fsp3) is 0. The van der Waals surface area contributed by atoms with E-state index in [0.29, 0.717) is 0 Å². The molecule has 22 heavy (non-hydrogen) atoms. The number of aliphatic hydroxyl groups excluding tert-OH is 2. The zero-order valence-corrected chi connectivity index (χ0v) is 11.7. The Hall–Kier alpha value is -2.03. The standard InChI is InChI=1S/C12H13B3F2O5/c1-5-9(17)12(8(4)18)15-21-13-20-14(22-15)11(7(3)16)10(19)6-2/h5-6,13,18-19H,1-4H2/b11-10-,12-9-. The van der Waals surface area contributed by atoms with Gasteiger partial charge in [-0.15, -0.1) is 0 Å². The van der Waals surface area contributed by atoms with Crippen molar-refractivity contribution in [2.45, 2.75) is 0 Å². The molecular weight excluding hydrogens is 295 g/mol. The molecule has 2 N–H and O–H groups in total. The van der Waals surface area contributed by atoms with Crippen LogP contribution in [0, 0.1) is 0 Å². The average Bonchev–Trinajstić information content (AvgIpc) is 2.46. The molecule has 0 spiro atoms. The van der Waals surface area contributed by atoms with E-state index in [2.05, 4.69) is 26.3 Å². The Morgan fingerprint density at radius 1 is 1.00 bits per heavy atom. The van der Waals surface area contributed by atoms with Crippen LogP contribution in [0.1, 0.15) is 0 Å². The van der Waals surface area contributed by atoms with Gasteiger partial charge >= 0.3 is 21.9 Å². The molecule has 1 aliphatic rings. The van der Waals surface area contributed by atoms with E-state index < -0.39 is 56.0 Å². The van der Waals surface area contributed by atoms with Crippen LogP contribution < -0.4 is 0 Å². The third-order valence-electron chi connectivity index (χ3n) is 2.67. The molecule has 1 aliphatic heterocycles. The van der Waals surface area contributed by atoms with E-state index in [-0.39, 0.29) is 0 Å². The molecule has 114 valence electrons. The predicted octanol–water partition coefficient (Wildman–Crippen LogP) is 2.33. The van der Waals surface area contributed by atoms with Gasteiger partial charge < -0.3 is 23.9 Å². The zero-order chi connectivity index (χ0) is 16.9. The molecule has 0 aliphatic carbocycles. The summed E-state index contributed by atoms with van der Waals surface area (Å²) in [5.74, 6) is -3.17. The van der Waals surface area contributed by atoms with Gasteiger partial charge in [-0.1, -0.05) is 26.3 Å². The highest BCUT2D eigenvalue weighted by molar-refractivity contribution is 6.75. The molecule has 0 radical (unpaired) electrons. The third-order valence-corrected chi connectivity index (χ3v) is 2.67. The van der Waals surface area contributed by atoms with Gasteiger partial charge in [0.15, 0.2) is 0 Å². The molecule has 0 atom stereocenters. The largest absolute Gasteiger partial charge is 0.509 e. The Morgan fingerprint density at radius 2 is 1.55 bits per heavy atom. The number of halogens is 2. The molecule has 10 heteroatoms. The Morgan fingerprint density at radius 3 is 1.95 bits per heavy atom. The summed E-state index contributed by atoms with van der Waals surface area (Å²) in [7, 11) is -3.31. The lowest BCUT2D eigenvalue weighted by atomic mass is 9.65. The molecule has 0 aromatic carbocycles. The first-order valence-electron chi connectivity index (χ1n) is 6.02. The number of aliphatic hydroxyl groups is 2. The lowest BCUT2D eigenvalue weighted by Crippen LogP contribution is -2.46. The van der Waals surface area contributed by atoms with Crippen molar-refractivity contribution in [3.63, 3.8) is 0 Å². The van der Waals surface area contributed by atoms with Crippen LogP contribution in [0.2, 0.25) is 0 Å². The van der Waals surface area contributed by atoms with Crippen molar-refractivity contribution < 1.29 is 32.7 Å². The van der Waals surface area contributed by atoms with E-state index in [9.17, 15) is 19.0 Å². The number of rotatable bonds is 6. The van der Waals surface area contributed by atoms with Crippen molar-refractivity contribution >= 4 is 21.9 Å². The van der Waals surface area contributed by atoms with E-state index in [4.69, 9.17) is 13.7 Å². The zero-order valence-electron chi connectivity index (χ0n) is 11.7. The monoisotopic (exact) mass is 308 g/mol. The highest BCUT2D eigenvalue weighted by Gasteiger charge is 2.42. The van der Waals surface area contributed by atoms with Gasteiger partial charge in [0.1, 0.15) is 23.2 Å². The molecule has 1 fully saturated rings. The molecule has 0 unspecified atom stereocenters. The van der Waals surface area contributed by atoms with Crippen LogP contribution in [-0.2, 0) is 13.7 Å². The molecule has 0 bridgehead atoms. The van der Waals surface area contributed by atoms with E-state index in [1.807, 2.05) is 0 Å². The van der Waals surface area contributed by atoms with Crippen LogP contribution in [0.25, 0.3) is 0 Å². The molecule has 1 rings (SSSR count). The Balaban J connectivity index is 3.16. The van der Waals surface area contributed by atoms with Crippen molar-refractivity contribution in [2.75, 3.05) is 0 Å². The Labute approximate surface area is 128 Å². The van der Waals surface area contributed by atoms with Gasteiger partial charge in [-0.3, -0.25) is 0 Å². The lowest BCUT2D eigenvalue weighted by Gasteiger charge is -2.28. The molecule has 0 amide bonds. The van der Waals surface area contributed by atoms with Gasteiger partial charge in [-0.2, -0.15) is 0 Å². The van der Waals surface area contributed by atoms with Gasteiger partial charge in [0, 0.05) is 0 Å². The van der Waals surface area contributed by atoms with Gasteiger partial charge in [0.2, 0.25) is 0 Å².